The first-order valence-corrected chi connectivity index (χ1v) is 4.35. The third-order valence-electron chi connectivity index (χ3n) is 2.12. The van der Waals surface area contributed by atoms with Crippen LogP contribution in [0.3, 0.4) is 0 Å². The molecule has 2 nitrogen and oxygen atoms in total. The zero-order valence-electron chi connectivity index (χ0n) is 7.23. The molecule has 1 aliphatic rings. The minimum atomic E-state index is -0.0554. The molecule has 1 saturated heterocycles. The maximum atomic E-state index is 10.9. The highest BCUT2D eigenvalue weighted by Crippen LogP contribution is 2.05. The molecule has 0 spiro atoms. The fourth-order valence-corrected chi connectivity index (χ4v) is 1.25. The summed E-state index contributed by atoms with van der Waals surface area (Å²) in [4.78, 5) is 10.9. The minimum Gasteiger partial charge on any atom is -0.297 e. The summed E-state index contributed by atoms with van der Waals surface area (Å²) in [6, 6.07) is 9.91. The van der Waals surface area contributed by atoms with Crippen molar-refractivity contribution in [1.29, 1.82) is 0 Å². The molecule has 0 saturated carbocycles. The van der Waals surface area contributed by atoms with Gasteiger partial charge in [0.2, 0.25) is 0 Å². The number of nitrogens with one attached hydrogen (secondary N) is 1. The van der Waals surface area contributed by atoms with Crippen molar-refractivity contribution >= 4 is 11.9 Å². The molecule has 13 heavy (non-hydrogen) atoms. The molecule has 1 aliphatic heterocycles. The highest BCUT2D eigenvalue weighted by molar-refractivity contribution is 5.93. The van der Waals surface area contributed by atoms with Gasteiger partial charge in [-0.25, -0.2) is 0 Å². The molecule has 1 fully saturated rings. The second-order valence-electron chi connectivity index (χ2n) is 3.09. The second-order valence-corrected chi connectivity index (χ2v) is 3.09. The van der Waals surface area contributed by atoms with Crippen LogP contribution in [-0.2, 0) is 4.79 Å². The van der Waals surface area contributed by atoms with E-state index in [1.54, 1.807) is 0 Å². The Labute approximate surface area is 77.3 Å². The first kappa shape index (κ1) is 8.20. The van der Waals surface area contributed by atoms with E-state index in [1.807, 2.05) is 42.5 Å². The van der Waals surface area contributed by atoms with Crippen molar-refractivity contribution in [1.82, 2.24) is 5.32 Å². The summed E-state index contributed by atoms with van der Waals surface area (Å²) in [6.45, 7) is 0.518. The summed E-state index contributed by atoms with van der Waals surface area (Å²) < 4.78 is 0. The molecule has 2 rings (SSSR count). The SMILES string of the molecule is O=C1CNC1C=Cc1ccccc1. The number of benzene rings is 1. The molecule has 0 aliphatic carbocycles. The molecule has 0 amide bonds. The number of rotatable bonds is 2. The van der Waals surface area contributed by atoms with E-state index in [-0.39, 0.29) is 11.8 Å². The molecule has 1 unspecified atom stereocenters. The van der Waals surface area contributed by atoms with E-state index in [0.29, 0.717) is 6.54 Å². The van der Waals surface area contributed by atoms with Crippen LogP contribution in [0.5, 0.6) is 0 Å². The third kappa shape index (κ3) is 1.84. The zero-order chi connectivity index (χ0) is 9.10. The first-order chi connectivity index (χ1) is 6.36. The van der Waals surface area contributed by atoms with Gasteiger partial charge in [0.05, 0.1) is 12.6 Å². The average Bonchev–Trinajstić information content (AvgIpc) is 2.17. The molecular weight excluding hydrogens is 162 g/mol. The lowest BCUT2D eigenvalue weighted by Gasteiger charge is -2.22. The molecule has 1 aromatic carbocycles. The Hall–Kier alpha value is -1.41. The summed E-state index contributed by atoms with van der Waals surface area (Å²) in [5, 5.41) is 3.03. The fourth-order valence-electron chi connectivity index (χ4n) is 1.25. The quantitative estimate of drug-likeness (QED) is 0.729. The van der Waals surface area contributed by atoms with Gasteiger partial charge < -0.3 is 0 Å². The number of ketones is 1. The van der Waals surface area contributed by atoms with Gasteiger partial charge in [-0.15, -0.1) is 0 Å². The molecule has 0 aromatic heterocycles. The van der Waals surface area contributed by atoms with Crippen LogP contribution < -0.4 is 5.32 Å². The van der Waals surface area contributed by atoms with Gasteiger partial charge in [-0.3, -0.25) is 10.1 Å². The summed E-state index contributed by atoms with van der Waals surface area (Å²) in [5.74, 6) is 0.271. The number of Topliss-reactive ketones (excluding diaryl/α,β-unsaturated/α-hetero) is 1. The lowest BCUT2D eigenvalue weighted by atomic mass is 10.0. The lowest BCUT2D eigenvalue weighted by Crippen LogP contribution is -2.52. The van der Waals surface area contributed by atoms with Crippen LogP contribution in [0, 0.1) is 0 Å². The Bertz CT molecular complexity index is 329. The van der Waals surface area contributed by atoms with E-state index >= 15 is 0 Å². The number of hydrogen-bond donors (Lipinski definition) is 1. The van der Waals surface area contributed by atoms with Gasteiger partial charge in [0, 0.05) is 0 Å². The van der Waals surface area contributed by atoms with Crippen molar-refractivity contribution in [3.63, 3.8) is 0 Å². The highest BCUT2D eigenvalue weighted by atomic mass is 16.1. The average molecular weight is 173 g/mol. The monoisotopic (exact) mass is 173 g/mol. The van der Waals surface area contributed by atoms with E-state index in [1.165, 1.54) is 0 Å². The van der Waals surface area contributed by atoms with Crippen molar-refractivity contribution in [2.24, 2.45) is 0 Å². The third-order valence-corrected chi connectivity index (χ3v) is 2.12. The van der Waals surface area contributed by atoms with Gasteiger partial charge in [0.15, 0.2) is 5.78 Å². The highest BCUT2D eigenvalue weighted by Gasteiger charge is 2.23. The largest absolute Gasteiger partial charge is 0.297 e. The van der Waals surface area contributed by atoms with Gasteiger partial charge in [-0.1, -0.05) is 42.5 Å². The predicted octanol–water partition coefficient (Wildman–Crippen LogP) is 1.24. The van der Waals surface area contributed by atoms with Crippen LogP contribution in [0.25, 0.3) is 6.08 Å². The topological polar surface area (TPSA) is 29.1 Å². The maximum Gasteiger partial charge on any atom is 0.167 e. The van der Waals surface area contributed by atoms with Crippen molar-refractivity contribution < 1.29 is 4.79 Å². The maximum absolute atomic E-state index is 10.9. The number of carbonyl (C=O) groups excluding carboxylic acids is 1. The summed E-state index contributed by atoms with van der Waals surface area (Å²) >= 11 is 0. The Balaban J connectivity index is 2.01. The number of hydrogen-bond acceptors (Lipinski definition) is 2. The van der Waals surface area contributed by atoms with E-state index in [0.717, 1.165) is 5.56 Å². The molecule has 1 N–H and O–H groups in total. The van der Waals surface area contributed by atoms with Crippen LogP contribution in [0.1, 0.15) is 5.56 Å². The second kappa shape index (κ2) is 3.54. The Kier molecular flexibility index (Phi) is 2.23. The van der Waals surface area contributed by atoms with E-state index in [9.17, 15) is 4.79 Å². The summed E-state index contributed by atoms with van der Waals surface area (Å²) in [7, 11) is 0. The first-order valence-electron chi connectivity index (χ1n) is 4.35. The minimum absolute atomic E-state index is 0.0554. The van der Waals surface area contributed by atoms with E-state index in [4.69, 9.17) is 0 Å². The van der Waals surface area contributed by atoms with Gasteiger partial charge in [0.25, 0.3) is 0 Å². The van der Waals surface area contributed by atoms with Crippen LogP contribution in [0.4, 0.5) is 0 Å². The zero-order valence-corrected chi connectivity index (χ0v) is 7.23. The fraction of sp³-hybridized carbons (Fsp3) is 0.182. The molecule has 1 heterocycles. The lowest BCUT2D eigenvalue weighted by molar-refractivity contribution is -0.123. The molecule has 2 heteroatoms. The van der Waals surface area contributed by atoms with Gasteiger partial charge in [-0.05, 0) is 5.56 Å². The molecular formula is C11H11NO. The van der Waals surface area contributed by atoms with E-state index < -0.39 is 0 Å². The predicted molar refractivity (Wildman–Crippen MR) is 52.3 cm³/mol. The number of carbonyl (C=O) groups is 1. The van der Waals surface area contributed by atoms with Crippen LogP contribution in [-0.4, -0.2) is 18.4 Å². The van der Waals surface area contributed by atoms with Crippen LogP contribution >= 0.6 is 0 Å². The van der Waals surface area contributed by atoms with Crippen LogP contribution in [0.2, 0.25) is 0 Å². The van der Waals surface area contributed by atoms with Gasteiger partial charge >= 0.3 is 0 Å². The van der Waals surface area contributed by atoms with Gasteiger partial charge in [0.1, 0.15) is 0 Å². The standard InChI is InChI=1S/C11H11NO/c13-11-8-12-10(11)7-6-9-4-2-1-3-5-9/h1-7,10,12H,8H2. The Morgan fingerprint density at radius 1 is 1.31 bits per heavy atom. The molecule has 1 aromatic rings. The molecule has 0 bridgehead atoms. The molecule has 0 radical (unpaired) electrons. The van der Waals surface area contributed by atoms with Gasteiger partial charge in [-0.2, -0.15) is 0 Å². The van der Waals surface area contributed by atoms with Crippen LogP contribution in [0.15, 0.2) is 36.4 Å². The van der Waals surface area contributed by atoms with Crippen molar-refractivity contribution in [3.05, 3.63) is 42.0 Å². The summed E-state index contributed by atoms with van der Waals surface area (Å²) in [6.07, 6.45) is 3.87. The van der Waals surface area contributed by atoms with E-state index in [2.05, 4.69) is 5.32 Å². The smallest absolute Gasteiger partial charge is 0.167 e. The van der Waals surface area contributed by atoms with Crippen molar-refractivity contribution in [2.45, 2.75) is 6.04 Å². The normalized spacial score (nSPS) is 21.8. The summed E-state index contributed by atoms with van der Waals surface area (Å²) in [5.41, 5.74) is 1.13. The molecule has 66 valence electrons. The molecule has 1 atom stereocenters. The van der Waals surface area contributed by atoms with Crippen molar-refractivity contribution in [2.75, 3.05) is 6.54 Å². The van der Waals surface area contributed by atoms with Crippen molar-refractivity contribution in [3.8, 4) is 0 Å². The Morgan fingerprint density at radius 3 is 2.62 bits per heavy atom. The Morgan fingerprint density at radius 2 is 2.08 bits per heavy atom.